The monoisotopic (exact) mass is 200 g/mol. The Labute approximate surface area is 82.8 Å². The predicted octanol–water partition coefficient (Wildman–Crippen LogP) is 1.92. The lowest BCUT2D eigenvalue weighted by atomic mass is 10.3. The van der Waals surface area contributed by atoms with Crippen molar-refractivity contribution < 1.29 is 5.11 Å². The molecule has 1 rings (SSSR count). The quantitative estimate of drug-likeness (QED) is 0.781. The van der Waals surface area contributed by atoms with Gasteiger partial charge in [-0.25, -0.2) is 0 Å². The third-order valence-electron chi connectivity index (χ3n) is 1.77. The third kappa shape index (κ3) is 3.20. The average Bonchev–Trinajstić information content (AvgIpc) is 2.16. The molecule has 3 nitrogen and oxygen atoms in total. The molecule has 0 amide bonds. The second kappa shape index (κ2) is 5.04. The maximum Gasteiger partial charge on any atom is 0.0820 e. The first-order valence-electron chi connectivity index (χ1n) is 4.25. The Balaban J connectivity index is 2.50. The van der Waals surface area contributed by atoms with E-state index in [1.807, 2.05) is 6.92 Å². The molecule has 1 heterocycles. The first-order chi connectivity index (χ1) is 6.24. The highest BCUT2D eigenvalue weighted by Gasteiger charge is 2.02. The van der Waals surface area contributed by atoms with E-state index in [9.17, 15) is 5.11 Å². The summed E-state index contributed by atoms with van der Waals surface area (Å²) in [6, 6.07) is 1.78. The molecule has 0 saturated carbocycles. The smallest absolute Gasteiger partial charge is 0.0820 e. The number of aliphatic hydroxyl groups is 1. The van der Waals surface area contributed by atoms with Gasteiger partial charge in [-0.1, -0.05) is 18.5 Å². The fourth-order valence-corrected chi connectivity index (χ4v) is 1.08. The number of hydrogen-bond donors (Lipinski definition) is 2. The van der Waals surface area contributed by atoms with Crippen LogP contribution in [0.5, 0.6) is 0 Å². The summed E-state index contributed by atoms with van der Waals surface area (Å²) < 4.78 is 0. The first-order valence-corrected chi connectivity index (χ1v) is 4.63. The number of anilines is 1. The number of nitrogens with zero attached hydrogens (tertiary/aromatic N) is 1. The average molecular weight is 201 g/mol. The van der Waals surface area contributed by atoms with Gasteiger partial charge in [0.2, 0.25) is 0 Å². The van der Waals surface area contributed by atoms with Gasteiger partial charge in [-0.15, -0.1) is 0 Å². The van der Waals surface area contributed by atoms with Crippen LogP contribution in [-0.2, 0) is 0 Å². The van der Waals surface area contributed by atoms with Gasteiger partial charge in [-0.3, -0.25) is 4.98 Å². The molecule has 1 unspecified atom stereocenters. The normalized spacial score (nSPS) is 12.5. The molecule has 0 saturated heterocycles. The van der Waals surface area contributed by atoms with E-state index in [1.165, 1.54) is 0 Å². The summed E-state index contributed by atoms with van der Waals surface area (Å²) >= 11 is 5.84. The number of pyridine rings is 1. The number of rotatable bonds is 4. The highest BCUT2D eigenvalue weighted by molar-refractivity contribution is 6.33. The van der Waals surface area contributed by atoms with E-state index in [-0.39, 0.29) is 6.10 Å². The molecule has 0 bridgehead atoms. The third-order valence-corrected chi connectivity index (χ3v) is 2.07. The standard InChI is InChI=1S/C9H13ClN2O/c1-2-7(13)5-12-9-3-4-11-6-8(9)10/h3-4,6-7,13H,2,5H2,1H3,(H,11,12). The largest absolute Gasteiger partial charge is 0.391 e. The number of aromatic nitrogens is 1. The van der Waals surface area contributed by atoms with Crippen molar-refractivity contribution >= 4 is 17.3 Å². The Morgan fingerprint density at radius 1 is 1.69 bits per heavy atom. The fraction of sp³-hybridized carbons (Fsp3) is 0.444. The van der Waals surface area contributed by atoms with Crippen LogP contribution in [0.15, 0.2) is 18.5 Å². The minimum atomic E-state index is -0.329. The second-order valence-electron chi connectivity index (χ2n) is 2.80. The molecule has 1 atom stereocenters. The molecule has 13 heavy (non-hydrogen) atoms. The van der Waals surface area contributed by atoms with Crippen molar-refractivity contribution in [3.63, 3.8) is 0 Å². The van der Waals surface area contributed by atoms with Crippen molar-refractivity contribution in [1.29, 1.82) is 0 Å². The predicted molar refractivity (Wildman–Crippen MR) is 54.0 cm³/mol. The maximum atomic E-state index is 9.29. The molecule has 0 aromatic carbocycles. The van der Waals surface area contributed by atoms with E-state index < -0.39 is 0 Å². The van der Waals surface area contributed by atoms with Crippen molar-refractivity contribution in [2.45, 2.75) is 19.4 Å². The summed E-state index contributed by atoms with van der Waals surface area (Å²) in [6.45, 7) is 2.45. The summed E-state index contributed by atoms with van der Waals surface area (Å²) in [4.78, 5) is 3.86. The van der Waals surface area contributed by atoms with Crippen LogP contribution in [0, 0.1) is 0 Å². The summed E-state index contributed by atoms with van der Waals surface area (Å²) in [6.07, 6.45) is 3.63. The molecular weight excluding hydrogens is 188 g/mol. The summed E-state index contributed by atoms with van der Waals surface area (Å²) in [5.74, 6) is 0. The van der Waals surface area contributed by atoms with Crippen molar-refractivity contribution in [2.24, 2.45) is 0 Å². The van der Waals surface area contributed by atoms with Crippen molar-refractivity contribution in [3.05, 3.63) is 23.5 Å². The minimum absolute atomic E-state index is 0.329. The Morgan fingerprint density at radius 2 is 2.46 bits per heavy atom. The molecule has 0 radical (unpaired) electrons. The minimum Gasteiger partial charge on any atom is -0.391 e. The lowest BCUT2D eigenvalue weighted by Crippen LogP contribution is -2.18. The Morgan fingerprint density at radius 3 is 3.08 bits per heavy atom. The van der Waals surface area contributed by atoms with E-state index >= 15 is 0 Å². The Bertz CT molecular complexity index is 268. The van der Waals surface area contributed by atoms with Gasteiger partial charge in [-0.05, 0) is 12.5 Å². The molecule has 1 aromatic rings. The van der Waals surface area contributed by atoms with E-state index in [0.29, 0.717) is 11.6 Å². The van der Waals surface area contributed by atoms with Gasteiger partial charge in [0.1, 0.15) is 0 Å². The summed E-state index contributed by atoms with van der Waals surface area (Å²) in [7, 11) is 0. The lowest BCUT2D eigenvalue weighted by molar-refractivity contribution is 0.183. The van der Waals surface area contributed by atoms with E-state index in [4.69, 9.17) is 11.6 Å². The molecule has 2 N–H and O–H groups in total. The van der Waals surface area contributed by atoms with Crippen LogP contribution < -0.4 is 5.32 Å². The van der Waals surface area contributed by atoms with Gasteiger partial charge in [-0.2, -0.15) is 0 Å². The number of hydrogen-bond acceptors (Lipinski definition) is 3. The van der Waals surface area contributed by atoms with Gasteiger partial charge < -0.3 is 10.4 Å². The molecular formula is C9H13ClN2O. The van der Waals surface area contributed by atoms with Crippen LogP contribution in [0.2, 0.25) is 5.02 Å². The van der Waals surface area contributed by atoms with Crippen LogP contribution in [-0.4, -0.2) is 22.7 Å². The Hall–Kier alpha value is -0.800. The second-order valence-corrected chi connectivity index (χ2v) is 3.21. The van der Waals surface area contributed by atoms with Crippen molar-refractivity contribution in [2.75, 3.05) is 11.9 Å². The van der Waals surface area contributed by atoms with Crippen LogP contribution >= 0.6 is 11.6 Å². The van der Waals surface area contributed by atoms with Crippen LogP contribution in [0.4, 0.5) is 5.69 Å². The molecule has 0 aliphatic heterocycles. The maximum absolute atomic E-state index is 9.29. The van der Waals surface area contributed by atoms with Gasteiger partial charge in [0.25, 0.3) is 0 Å². The van der Waals surface area contributed by atoms with Crippen molar-refractivity contribution in [1.82, 2.24) is 4.98 Å². The van der Waals surface area contributed by atoms with Crippen LogP contribution in [0.25, 0.3) is 0 Å². The number of nitrogens with one attached hydrogen (secondary N) is 1. The van der Waals surface area contributed by atoms with E-state index in [0.717, 1.165) is 12.1 Å². The van der Waals surface area contributed by atoms with Crippen LogP contribution in [0.1, 0.15) is 13.3 Å². The number of halogens is 1. The number of aliphatic hydroxyl groups excluding tert-OH is 1. The molecule has 4 heteroatoms. The molecule has 0 aliphatic rings. The van der Waals surface area contributed by atoms with Gasteiger partial charge in [0.05, 0.1) is 16.8 Å². The SMILES string of the molecule is CCC(O)CNc1ccncc1Cl. The molecule has 0 spiro atoms. The molecule has 0 aliphatic carbocycles. The van der Waals surface area contributed by atoms with Crippen molar-refractivity contribution in [3.8, 4) is 0 Å². The topological polar surface area (TPSA) is 45.1 Å². The summed E-state index contributed by atoms with van der Waals surface area (Å²) in [5, 5.41) is 12.9. The van der Waals surface area contributed by atoms with E-state index in [1.54, 1.807) is 18.5 Å². The lowest BCUT2D eigenvalue weighted by Gasteiger charge is -2.11. The highest BCUT2D eigenvalue weighted by atomic mass is 35.5. The Kier molecular flexibility index (Phi) is 3.99. The van der Waals surface area contributed by atoms with Crippen LogP contribution in [0.3, 0.4) is 0 Å². The van der Waals surface area contributed by atoms with E-state index in [2.05, 4.69) is 10.3 Å². The highest BCUT2D eigenvalue weighted by Crippen LogP contribution is 2.18. The van der Waals surface area contributed by atoms with Gasteiger partial charge in [0.15, 0.2) is 0 Å². The zero-order valence-electron chi connectivity index (χ0n) is 7.50. The molecule has 1 aromatic heterocycles. The first kappa shape index (κ1) is 10.3. The van der Waals surface area contributed by atoms with Gasteiger partial charge in [0, 0.05) is 18.9 Å². The zero-order valence-corrected chi connectivity index (χ0v) is 8.25. The zero-order chi connectivity index (χ0) is 9.68. The fourth-order valence-electron chi connectivity index (χ4n) is 0.891. The molecule has 0 fully saturated rings. The van der Waals surface area contributed by atoms with Gasteiger partial charge >= 0.3 is 0 Å². The molecule has 72 valence electrons. The summed E-state index contributed by atoms with van der Waals surface area (Å²) in [5.41, 5.74) is 0.809.